The van der Waals surface area contributed by atoms with Crippen LogP contribution in [0.15, 0.2) is 29.1 Å². The summed E-state index contributed by atoms with van der Waals surface area (Å²) in [5.41, 5.74) is 0.696. The number of carboxylic acid groups (broad SMARTS) is 1. The van der Waals surface area contributed by atoms with Crippen LogP contribution >= 0.6 is 0 Å². The normalized spacial score (nSPS) is 11.0. The highest BCUT2D eigenvalue weighted by molar-refractivity contribution is 5.85. The van der Waals surface area contributed by atoms with Gasteiger partial charge in [0.05, 0.1) is 11.9 Å². The first kappa shape index (κ1) is 15.1. The minimum atomic E-state index is -0.990. The van der Waals surface area contributed by atoms with Gasteiger partial charge in [0.2, 0.25) is 0 Å². The standard InChI is InChI=1S/C15H18N2O4/c1-17(2)6-7-21-13-5-3-4-11-12(18)8-10(9-14(19)20)16-15(11)13/h3-5,8H,6-7,9H2,1-2H3,(H,16,18)(H,19,20). The number of nitrogens with one attached hydrogen (secondary N) is 1. The fourth-order valence-corrected chi connectivity index (χ4v) is 2.01. The number of carbonyl (C=O) groups is 1. The number of likely N-dealkylation sites (N-methyl/N-ethyl adjacent to an activating group) is 1. The Kier molecular flexibility index (Phi) is 4.59. The van der Waals surface area contributed by atoms with Crippen molar-refractivity contribution in [2.24, 2.45) is 0 Å². The Morgan fingerprint density at radius 3 is 2.81 bits per heavy atom. The second-order valence-electron chi connectivity index (χ2n) is 5.06. The first-order valence-corrected chi connectivity index (χ1v) is 6.61. The third-order valence-corrected chi connectivity index (χ3v) is 3.02. The zero-order valence-corrected chi connectivity index (χ0v) is 12.0. The number of para-hydroxylation sites is 1. The topological polar surface area (TPSA) is 82.6 Å². The lowest BCUT2D eigenvalue weighted by Crippen LogP contribution is -2.19. The van der Waals surface area contributed by atoms with Crippen molar-refractivity contribution in [1.29, 1.82) is 0 Å². The van der Waals surface area contributed by atoms with Crippen molar-refractivity contribution in [1.82, 2.24) is 9.88 Å². The Hall–Kier alpha value is -2.34. The van der Waals surface area contributed by atoms with Crippen LogP contribution < -0.4 is 10.2 Å². The van der Waals surface area contributed by atoms with Gasteiger partial charge in [-0.05, 0) is 26.2 Å². The van der Waals surface area contributed by atoms with Crippen molar-refractivity contribution >= 4 is 16.9 Å². The van der Waals surface area contributed by atoms with Gasteiger partial charge >= 0.3 is 5.97 Å². The number of ether oxygens (including phenoxy) is 1. The zero-order chi connectivity index (χ0) is 15.4. The molecule has 1 heterocycles. The molecule has 0 aliphatic carbocycles. The Bertz CT molecular complexity index is 706. The molecular weight excluding hydrogens is 272 g/mol. The first-order chi connectivity index (χ1) is 9.97. The molecule has 0 radical (unpaired) electrons. The number of pyridine rings is 1. The van der Waals surface area contributed by atoms with Gasteiger partial charge in [-0.3, -0.25) is 9.59 Å². The maximum absolute atomic E-state index is 12.0. The zero-order valence-electron chi connectivity index (χ0n) is 12.0. The molecule has 6 nitrogen and oxygen atoms in total. The third-order valence-electron chi connectivity index (χ3n) is 3.02. The average Bonchev–Trinajstić information content (AvgIpc) is 2.38. The molecule has 21 heavy (non-hydrogen) atoms. The number of hydrogen-bond acceptors (Lipinski definition) is 4. The van der Waals surface area contributed by atoms with Crippen LogP contribution in [-0.2, 0) is 11.2 Å². The minimum absolute atomic E-state index is 0.210. The van der Waals surface area contributed by atoms with E-state index in [1.165, 1.54) is 6.07 Å². The van der Waals surface area contributed by atoms with Gasteiger partial charge in [-0.1, -0.05) is 6.07 Å². The summed E-state index contributed by atoms with van der Waals surface area (Å²) in [7, 11) is 3.89. The molecule has 0 atom stereocenters. The Morgan fingerprint density at radius 2 is 2.14 bits per heavy atom. The summed E-state index contributed by atoms with van der Waals surface area (Å²) in [6.07, 6.45) is -0.225. The van der Waals surface area contributed by atoms with E-state index in [1.54, 1.807) is 18.2 Å². The second-order valence-corrected chi connectivity index (χ2v) is 5.06. The molecular formula is C15H18N2O4. The molecule has 2 N–H and O–H groups in total. The van der Waals surface area contributed by atoms with E-state index in [1.807, 2.05) is 19.0 Å². The van der Waals surface area contributed by atoms with Gasteiger partial charge < -0.3 is 19.7 Å². The van der Waals surface area contributed by atoms with Gasteiger partial charge in [-0.15, -0.1) is 0 Å². The molecule has 1 aromatic heterocycles. The summed E-state index contributed by atoms with van der Waals surface area (Å²) >= 11 is 0. The number of nitrogens with zero attached hydrogens (tertiary/aromatic N) is 1. The van der Waals surface area contributed by atoms with E-state index in [0.29, 0.717) is 29.0 Å². The summed E-state index contributed by atoms with van der Waals surface area (Å²) in [4.78, 5) is 27.8. The van der Waals surface area contributed by atoms with Crippen LogP contribution in [0.25, 0.3) is 10.9 Å². The number of fused-ring (bicyclic) bond motifs is 1. The molecule has 0 fully saturated rings. The number of hydrogen-bond donors (Lipinski definition) is 2. The highest BCUT2D eigenvalue weighted by Crippen LogP contribution is 2.21. The van der Waals surface area contributed by atoms with Gasteiger partial charge in [0.15, 0.2) is 5.43 Å². The van der Waals surface area contributed by atoms with Crippen molar-refractivity contribution in [2.45, 2.75) is 6.42 Å². The molecule has 0 amide bonds. The summed E-state index contributed by atoms with van der Waals surface area (Å²) < 4.78 is 5.69. The van der Waals surface area contributed by atoms with E-state index in [0.717, 1.165) is 6.54 Å². The molecule has 0 bridgehead atoms. The number of aromatic nitrogens is 1. The van der Waals surface area contributed by atoms with Crippen molar-refractivity contribution in [3.8, 4) is 5.75 Å². The number of aromatic amines is 1. The molecule has 2 rings (SSSR count). The summed E-state index contributed by atoms with van der Waals surface area (Å²) in [5, 5.41) is 9.33. The molecule has 0 aliphatic heterocycles. The Morgan fingerprint density at radius 1 is 1.38 bits per heavy atom. The Labute approximate surface area is 122 Å². The smallest absolute Gasteiger partial charge is 0.309 e. The average molecular weight is 290 g/mol. The van der Waals surface area contributed by atoms with Crippen LogP contribution in [0.3, 0.4) is 0 Å². The minimum Gasteiger partial charge on any atom is -0.490 e. The van der Waals surface area contributed by atoms with Crippen molar-refractivity contribution in [3.05, 3.63) is 40.2 Å². The summed E-state index contributed by atoms with van der Waals surface area (Å²) in [6, 6.07) is 6.52. The number of H-pyrrole nitrogens is 1. The molecule has 1 aromatic carbocycles. The maximum atomic E-state index is 12.0. The largest absolute Gasteiger partial charge is 0.490 e. The van der Waals surface area contributed by atoms with E-state index in [2.05, 4.69) is 4.98 Å². The number of rotatable bonds is 6. The lowest BCUT2D eigenvalue weighted by atomic mass is 10.1. The number of benzene rings is 1. The lowest BCUT2D eigenvalue weighted by Gasteiger charge is -2.13. The van der Waals surface area contributed by atoms with Gasteiger partial charge in [0, 0.05) is 23.7 Å². The quantitative estimate of drug-likeness (QED) is 0.832. The summed E-state index contributed by atoms with van der Waals surface area (Å²) in [6.45, 7) is 1.23. The molecule has 0 saturated carbocycles. The van der Waals surface area contributed by atoms with Crippen LogP contribution in [0.4, 0.5) is 0 Å². The molecule has 112 valence electrons. The monoisotopic (exact) mass is 290 g/mol. The van der Waals surface area contributed by atoms with Crippen LogP contribution in [0, 0.1) is 0 Å². The van der Waals surface area contributed by atoms with E-state index in [4.69, 9.17) is 9.84 Å². The third kappa shape index (κ3) is 3.82. The number of aliphatic carboxylic acids is 1. The maximum Gasteiger partial charge on any atom is 0.309 e. The fraction of sp³-hybridized carbons (Fsp3) is 0.333. The van der Waals surface area contributed by atoms with Gasteiger partial charge in [0.25, 0.3) is 0 Å². The molecule has 0 spiro atoms. The first-order valence-electron chi connectivity index (χ1n) is 6.61. The van der Waals surface area contributed by atoms with Crippen LogP contribution in [0.5, 0.6) is 5.75 Å². The van der Waals surface area contributed by atoms with Crippen LogP contribution in [0.2, 0.25) is 0 Å². The van der Waals surface area contributed by atoms with Crippen LogP contribution in [-0.4, -0.2) is 48.2 Å². The fourth-order valence-electron chi connectivity index (χ4n) is 2.01. The van der Waals surface area contributed by atoms with Gasteiger partial charge in [0.1, 0.15) is 12.4 Å². The van der Waals surface area contributed by atoms with Gasteiger partial charge in [-0.25, -0.2) is 0 Å². The molecule has 0 aliphatic rings. The molecule has 0 unspecified atom stereocenters. The second kappa shape index (κ2) is 6.41. The van der Waals surface area contributed by atoms with Crippen molar-refractivity contribution in [3.63, 3.8) is 0 Å². The lowest BCUT2D eigenvalue weighted by molar-refractivity contribution is -0.136. The molecule has 0 saturated heterocycles. The summed E-state index contributed by atoms with van der Waals surface area (Å²) in [5.74, 6) is -0.435. The van der Waals surface area contributed by atoms with E-state index < -0.39 is 5.97 Å². The molecule has 6 heteroatoms. The predicted octanol–water partition coefficient (Wildman–Crippen LogP) is 1.10. The highest BCUT2D eigenvalue weighted by Gasteiger charge is 2.09. The van der Waals surface area contributed by atoms with Crippen LogP contribution in [0.1, 0.15) is 5.69 Å². The number of carboxylic acids is 1. The van der Waals surface area contributed by atoms with Crippen molar-refractivity contribution in [2.75, 3.05) is 27.2 Å². The van der Waals surface area contributed by atoms with E-state index in [-0.39, 0.29) is 11.8 Å². The van der Waals surface area contributed by atoms with Crippen molar-refractivity contribution < 1.29 is 14.6 Å². The van der Waals surface area contributed by atoms with E-state index >= 15 is 0 Å². The van der Waals surface area contributed by atoms with E-state index in [9.17, 15) is 9.59 Å². The molecule has 2 aromatic rings. The highest BCUT2D eigenvalue weighted by atomic mass is 16.5. The predicted molar refractivity (Wildman–Crippen MR) is 80.0 cm³/mol. The van der Waals surface area contributed by atoms with Gasteiger partial charge in [-0.2, -0.15) is 0 Å². The SMILES string of the molecule is CN(C)CCOc1cccc2c(=O)cc(CC(=O)O)[nH]c12. The Balaban J connectivity index is 2.38.